The Labute approximate surface area is 132 Å². The lowest BCUT2D eigenvalue weighted by Gasteiger charge is -2.25. The molecule has 0 bridgehead atoms. The van der Waals surface area contributed by atoms with Gasteiger partial charge in [0.1, 0.15) is 10.8 Å². The highest BCUT2D eigenvalue weighted by molar-refractivity contribution is 7.17. The zero-order valence-corrected chi connectivity index (χ0v) is 13.0. The van der Waals surface area contributed by atoms with E-state index < -0.39 is 0 Å². The number of aromatic nitrogens is 4. The van der Waals surface area contributed by atoms with Crippen LogP contribution in [0.3, 0.4) is 0 Å². The van der Waals surface area contributed by atoms with Gasteiger partial charge >= 0.3 is 0 Å². The van der Waals surface area contributed by atoms with Crippen LogP contribution >= 0.6 is 11.3 Å². The topological polar surface area (TPSA) is 59.5 Å². The molecule has 1 fully saturated rings. The molecule has 3 aromatic rings. The lowest BCUT2D eigenvalue weighted by Crippen LogP contribution is -2.30. The second-order valence-electron chi connectivity index (χ2n) is 5.44. The molecule has 6 nitrogen and oxygen atoms in total. The summed E-state index contributed by atoms with van der Waals surface area (Å²) in [6.07, 6.45) is 9.41. The molecule has 0 N–H and O–H groups in total. The molecule has 0 aliphatic carbocycles. The fourth-order valence-corrected chi connectivity index (χ4v) is 3.46. The summed E-state index contributed by atoms with van der Waals surface area (Å²) in [6.45, 7) is 3.11. The Morgan fingerprint density at radius 2 is 2.09 bits per heavy atom. The largest absolute Gasteiger partial charge is 0.465 e. The normalized spacial score (nSPS) is 16.9. The van der Waals surface area contributed by atoms with Crippen molar-refractivity contribution in [1.82, 2.24) is 24.7 Å². The van der Waals surface area contributed by atoms with Gasteiger partial charge in [-0.2, -0.15) is 9.61 Å². The van der Waals surface area contributed by atoms with Crippen molar-refractivity contribution in [1.29, 1.82) is 0 Å². The summed E-state index contributed by atoms with van der Waals surface area (Å²) >= 11 is 1.53. The van der Waals surface area contributed by atoms with Crippen LogP contribution in [0.1, 0.15) is 35.9 Å². The van der Waals surface area contributed by atoms with Crippen LogP contribution in [0.2, 0.25) is 0 Å². The number of furan rings is 1. The molecule has 0 atom stereocenters. The third-order valence-corrected chi connectivity index (χ3v) is 4.68. The Bertz CT molecular complexity index is 767. The van der Waals surface area contributed by atoms with Gasteiger partial charge in [0.05, 0.1) is 12.8 Å². The second-order valence-corrected chi connectivity index (χ2v) is 6.42. The minimum atomic E-state index is 0.819. The molecule has 4 heterocycles. The molecule has 114 valence electrons. The van der Waals surface area contributed by atoms with Gasteiger partial charge in [0.25, 0.3) is 0 Å². The van der Waals surface area contributed by atoms with E-state index in [-0.39, 0.29) is 0 Å². The van der Waals surface area contributed by atoms with Crippen LogP contribution in [0.25, 0.3) is 17.1 Å². The molecule has 1 saturated heterocycles. The van der Waals surface area contributed by atoms with Crippen molar-refractivity contribution in [3.63, 3.8) is 0 Å². The Balaban J connectivity index is 1.53. The second kappa shape index (κ2) is 6.02. The van der Waals surface area contributed by atoms with Crippen LogP contribution in [0, 0.1) is 0 Å². The zero-order valence-electron chi connectivity index (χ0n) is 12.2. The number of rotatable bonds is 4. The predicted octanol–water partition coefficient (Wildman–Crippen LogP) is 2.94. The van der Waals surface area contributed by atoms with Crippen molar-refractivity contribution in [3.8, 4) is 0 Å². The molecule has 0 radical (unpaired) electrons. The van der Waals surface area contributed by atoms with E-state index in [1.165, 1.54) is 30.6 Å². The number of fused-ring (bicyclic) bond motifs is 1. The molecule has 0 saturated carbocycles. The molecule has 0 amide bonds. The maximum atomic E-state index is 5.28. The van der Waals surface area contributed by atoms with Gasteiger partial charge < -0.3 is 4.42 Å². The van der Waals surface area contributed by atoms with Gasteiger partial charge in [-0.1, -0.05) is 17.8 Å². The number of likely N-dealkylation sites (tertiary alicyclic amines) is 1. The smallest absolute Gasteiger partial charge is 0.235 e. The molecule has 3 aromatic heterocycles. The van der Waals surface area contributed by atoms with Gasteiger partial charge in [-0.3, -0.25) is 4.90 Å². The van der Waals surface area contributed by atoms with Crippen LogP contribution < -0.4 is 0 Å². The molecular weight excluding hydrogens is 298 g/mol. The number of hydrogen-bond acceptors (Lipinski definition) is 6. The quantitative estimate of drug-likeness (QED) is 0.741. The van der Waals surface area contributed by atoms with Crippen LogP contribution in [0.15, 0.2) is 22.8 Å². The highest BCUT2D eigenvalue weighted by atomic mass is 32.1. The Kier molecular flexibility index (Phi) is 3.74. The van der Waals surface area contributed by atoms with Crippen LogP contribution in [0.5, 0.6) is 0 Å². The average molecular weight is 315 g/mol. The van der Waals surface area contributed by atoms with E-state index in [1.54, 1.807) is 6.26 Å². The fraction of sp³-hybridized carbons (Fsp3) is 0.400. The highest BCUT2D eigenvalue weighted by Crippen LogP contribution is 2.18. The first kappa shape index (κ1) is 13.7. The summed E-state index contributed by atoms with van der Waals surface area (Å²) in [5.74, 6) is 1.74. The fourth-order valence-electron chi connectivity index (χ4n) is 2.70. The number of hydrogen-bond donors (Lipinski definition) is 0. The Morgan fingerprint density at radius 1 is 1.18 bits per heavy atom. The molecule has 7 heteroatoms. The monoisotopic (exact) mass is 315 g/mol. The molecule has 0 spiro atoms. The molecule has 1 aliphatic rings. The van der Waals surface area contributed by atoms with Gasteiger partial charge in [-0.15, -0.1) is 10.2 Å². The van der Waals surface area contributed by atoms with Crippen molar-refractivity contribution in [3.05, 3.63) is 35.0 Å². The minimum Gasteiger partial charge on any atom is -0.465 e. The molecule has 1 aliphatic heterocycles. The van der Waals surface area contributed by atoms with Crippen LogP contribution in [-0.4, -0.2) is 37.8 Å². The summed E-state index contributed by atoms with van der Waals surface area (Å²) in [4.78, 5) is 3.27. The van der Waals surface area contributed by atoms with Crippen LogP contribution in [0.4, 0.5) is 0 Å². The predicted molar refractivity (Wildman–Crippen MR) is 85.4 cm³/mol. The van der Waals surface area contributed by atoms with E-state index in [9.17, 15) is 0 Å². The van der Waals surface area contributed by atoms with E-state index in [2.05, 4.69) is 20.2 Å². The lowest BCUT2D eigenvalue weighted by molar-refractivity contribution is 0.214. The maximum Gasteiger partial charge on any atom is 0.235 e. The number of piperidine rings is 1. The first-order valence-corrected chi connectivity index (χ1v) is 8.35. The average Bonchev–Trinajstić information content (AvgIpc) is 3.25. The lowest BCUT2D eigenvalue weighted by atomic mass is 10.1. The summed E-state index contributed by atoms with van der Waals surface area (Å²) in [5, 5.41) is 14.0. The molecule has 4 rings (SSSR count). The molecule has 0 unspecified atom stereocenters. The van der Waals surface area contributed by atoms with Gasteiger partial charge in [-0.05, 0) is 50.2 Å². The standard InChI is InChI=1S/C15H17N5OS/c1-2-8-19(9-3-1)11-13-16-17-15-20(13)18-14(22-15)7-6-12-5-4-10-21-12/h4-7,10H,1-3,8-9,11H2/b7-6-. The Morgan fingerprint density at radius 3 is 2.91 bits per heavy atom. The first-order chi connectivity index (χ1) is 10.9. The van der Waals surface area contributed by atoms with Crippen molar-refractivity contribution < 1.29 is 4.42 Å². The van der Waals surface area contributed by atoms with E-state index in [0.29, 0.717) is 0 Å². The van der Waals surface area contributed by atoms with E-state index in [4.69, 9.17) is 4.42 Å². The first-order valence-electron chi connectivity index (χ1n) is 7.53. The summed E-state index contributed by atoms with van der Waals surface area (Å²) in [6, 6.07) is 3.79. The number of nitrogens with zero attached hydrogens (tertiary/aromatic N) is 5. The maximum absolute atomic E-state index is 5.28. The molecular formula is C15H17N5OS. The summed E-state index contributed by atoms with van der Waals surface area (Å²) in [5.41, 5.74) is 0. The van der Waals surface area contributed by atoms with Crippen molar-refractivity contribution in [2.45, 2.75) is 25.8 Å². The van der Waals surface area contributed by atoms with Gasteiger partial charge in [0.2, 0.25) is 4.96 Å². The van der Waals surface area contributed by atoms with E-state index >= 15 is 0 Å². The van der Waals surface area contributed by atoms with Crippen LogP contribution in [-0.2, 0) is 6.54 Å². The van der Waals surface area contributed by atoms with Gasteiger partial charge in [0, 0.05) is 0 Å². The summed E-state index contributed by atoms with van der Waals surface area (Å²) in [7, 11) is 0. The van der Waals surface area contributed by atoms with Crippen molar-refractivity contribution >= 4 is 28.4 Å². The van der Waals surface area contributed by atoms with E-state index in [0.717, 1.165) is 41.2 Å². The minimum absolute atomic E-state index is 0.819. The van der Waals surface area contributed by atoms with Gasteiger partial charge in [0.15, 0.2) is 5.82 Å². The Hall–Kier alpha value is -1.99. The van der Waals surface area contributed by atoms with E-state index in [1.807, 2.05) is 28.8 Å². The van der Waals surface area contributed by atoms with Crippen molar-refractivity contribution in [2.75, 3.05) is 13.1 Å². The summed E-state index contributed by atoms with van der Waals surface area (Å²) < 4.78 is 7.15. The SMILES string of the molecule is C(=C/c1nn2c(CN3CCCCC3)nnc2s1)/c1ccco1. The molecule has 22 heavy (non-hydrogen) atoms. The van der Waals surface area contributed by atoms with Crippen molar-refractivity contribution in [2.24, 2.45) is 0 Å². The van der Waals surface area contributed by atoms with Gasteiger partial charge in [-0.25, -0.2) is 0 Å². The highest BCUT2D eigenvalue weighted by Gasteiger charge is 2.16. The molecule has 0 aromatic carbocycles. The third-order valence-electron chi connectivity index (χ3n) is 3.82. The third kappa shape index (κ3) is 2.82. The zero-order chi connectivity index (χ0) is 14.8.